The Morgan fingerprint density at radius 1 is 1.26 bits per heavy atom. The third-order valence-corrected chi connectivity index (χ3v) is 3.22. The molecule has 1 fully saturated rings. The van der Waals surface area contributed by atoms with E-state index in [1.54, 1.807) is 6.07 Å². The molecule has 0 saturated heterocycles. The molecule has 1 aromatic carbocycles. The first-order valence-electron chi connectivity index (χ1n) is 6.41. The highest BCUT2D eigenvalue weighted by molar-refractivity contribution is 6.30. The van der Waals surface area contributed by atoms with E-state index in [9.17, 15) is 0 Å². The van der Waals surface area contributed by atoms with Crippen molar-refractivity contribution in [1.82, 2.24) is 10.3 Å². The highest BCUT2D eigenvalue weighted by Gasteiger charge is 2.19. The van der Waals surface area contributed by atoms with Gasteiger partial charge in [0.15, 0.2) is 0 Å². The molecule has 0 unspecified atom stereocenters. The van der Waals surface area contributed by atoms with Crippen molar-refractivity contribution < 1.29 is 4.74 Å². The summed E-state index contributed by atoms with van der Waals surface area (Å²) in [6.07, 6.45) is 4.43. The van der Waals surface area contributed by atoms with Crippen LogP contribution in [0.4, 0.5) is 0 Å². The second-order valence-electron chi connectivity index (χ2n) is 4.72. The first-order chi connectivity index (χ1) is 9.29. The number of hydrogen-bond acceptors (Lipinski definition) is 3. The van der Waals surface area contributed by atoms with E-state index in [1.807, 2.05) is 36.5 Å². The highest BCUT2D eigenvalue weighted by atomic mass is 35.5. The largest absolute Gasteiger partial charge is 0.439 e. The van der Waals surface area contributed by atoms with Crippen LogP contribution in [-0.2, 0) is 6.54 Å². The fraction of sp³-hybridized carbons (Fsp3) is 0.267. The number of nitrogens with zero attached hydrogens (tertiary/aromatic N) is 1. The molecular weight excluding hydrogens is 260 g/mol. The Bertz CT molecular complexity index is 552. The van der Waals surface area contributed by atoms with Gasteiger partial charge in [-0.2, -0.15) is 0 Å². The molecule has 1 saturated carbocycles. The van der Waals surface area contributed by atoms with Gasteiger partial charge in [0.1, 0.15) is 5.75 Å². The van der Waals surface area contributed by atoms with E-state index >= 15 is 0 Å². The highest BCUT2D eigenvalue weighted by Crippen LogP contribution is 2.23. The summed E-state index contributed by atoms with van der Waals surface area (Å²) in [5.41, 5.74) is 1.17. The smallest absolute Gasteiger partial charge is 0.219 e. The van der Waals surface area contributed by atoms with Crippen LogP contribution in [0.3, 0.4) is 0 Å². The van der Waals surface area contributed by atoms with Crippen LogP contribution in [0.5, 0.6) is 11.6 Å². The average Bonchev–Trinajstić information content (AvgIpc) is 3.22. The Balaban J connectivity index is 1.61. The molecule has 0 radical (unpaired) electrons. The second kappa shape index (κ2) is 5.59. The van der Waals surface area contributed by atoms with E-state index in [4.69, 9.17) is 16.3 Å². The fourth-order valence-corrected chi connectivity index (χ4v) is 1.96. The van der Waals surface area contributed by atoms with Crippen molar-refractivity contribution in [2.75, 3.05) is 0 Å². The van der Waals surface area contributed by atoms with E-state index < -0.39 is 0 Å². The van der Waals surface area contributed by atoms with Gasteiger partial charge in [-0.1, -0.05) is 23.7 Å². The van der Waals surface area contributed by atoms with Crippen LogP contribution < -0.4 is 10.1 Å². The number of ether oxygens (including phenoxy) is 1. The van der Waals surface area contributed by atoms with Gasteiger partial charge in [-0.25, -0.2) is 4.98 Å². The van der Waals surface area contributed by atoms with Gasteiger partial charge in [0.25, 0.3) is 0 Å². The van der Waals surface area contributed by atoms with E-state index in [1.165, 1.54) is 18.4 Å². The molecule has 1 aromatic heterocycles. The predicted octanol–water partition coefficient (Wildman–Crippen LogP) is 3.78. The van der Waals surface area contributed by atoms with E-state index in [2.05, 4.69) is 10.3 Å². The van der Waals surface area contributed by atoms with E-state index in [0.29, 0.717) is 22.7 Å². The predicted molar refractivity (Wildman–Crippen MR) is 75.6 cm³/mol. The standard InChI is InChI=1S/C15H15ClN2O/c16-12-2-1-3-14(8-12)19-15-7-4-11(10-18-15)9-17-13-5-6-13/h1-4,7-8,10,13,17H,5-6,9H2. The molecule has 0 amide bonds. The van der Waals surface area contributed by atoms with Crippen molar-refractivity contribution in [3.8, 4) is 11.6 Å². The van der Waals surface area contributed by atoms with Crippen molar-refractivity contribution in [2.24, 2.45) is 0 Å². The summed E-state index contributed by atoms with van der Waals surface area (Å²) in [5.74, 6) is 1.28. The van der Waals surface area contributed by atoms with Crippen LogP contribution in [0.2, 0.25) is 5.02 Å². The van der Waals surface area contributed by atoms with Crippen LogP contribution in [0, 0.1) is 0 Å². The molecule has 0 spiro atoms. The maximum absolute atomic E-state index is 5.90. The number of nitrogens with one attached hydrogen (secondary N) is 1. The first-order valence-corrected chi connectivity index (χ1v) is 6.79. The molecule has 1 heterocycles. The lowest BCUT2D eigenvalue weighted by Gasteiger charge is -2.06. The lowest BCUT2D eigenvalue weighted by Crippen LogP contribution is -2.15. The number of hydrogen-bond donors (Lipinski definition) is 1. The number of rotatable bonds is 5. The van der Waals surface area contributed by atoms with Crippen molar-refractivity contribution in [3.63, 3.8) is 0 Å². The van der Waals surface area contributed by atoms with Gasteiger partial charge in [0, 0.05) is 29.9 Å². The minimum absolute atomic E-state index is 0.581. The Labute approximate surface area is 117 Å². The summed E-state index contributed by atoms with van der Waals surface area (Å²) < 4.78 is 5.64. The monoisotopic (exact) mass is 274 g/mol. The lowest BCUT2D eigenvalue weighted by atomic mass is 10.3. The Morgan fingerprint density at radius 3 is 2.84 bits per heavy atom. The van der Waals surface area contributed by atoms with Crippen LogP contribution in [0.25, 0.3) is 0 Å². The summed E-state index contributed by atoms with van der Waals surface area (Å²) >= 11 is 5.90. The summed E-state index contributed by atoms with van der Waals surface area (Å²) in [6, 6.07) is 11.9. The fourth-order valence-electron chi connectivity index (χ4n) is 1.78. The molecular formula is C15H15ClN2O. The molecule has 3 nitrogen and oxygen atoms in total. The minimum Gasteiger partial charge on any atom is -0.439 e. The van der Waals surface area contributed by atoms with Crippen molar-refractivity contribution in [3.05, 3.63) is 53.2 Å². The van der Waals surface area contributed by atoms with Gasteiger partial charge in [-0.15, -0.1) is 0 Å². The maximum atomic E-state index is 5.90. The Kier molecular flexibility index (Phi) is 3.67. The minimum atomic E-state index is 0.581. The first kappa shape index (κ1) is 12.5. The van der Waals surface area contributed by atoms with E-state index in [-0.39, 0.29) is 0 Å². The zero-order valence-electron chi connectivity index (χ0n) is 10.5. The van der Waals surface area contributed by atoms with Gasteiger partial charge in [0.05, 0.1) is 0 Å². The number of pyridine rings is 1. The van der Waals surface area contributed by atoms with Gasteiger partial charge in [-0.3, -0.25) is 0 Å². The number of aromatic nitrogens is 1. The number of benzene rings is 1. The molecule has 2 aromatic rings. The summed E-state index contributed by atoms with van der Waals surface area (Å²) in [4.78, 5) is 4.30. The zero-order chi connectivity index (χ0) is 13.1. The van der Waals surface area contributed by atoms with Crippen LogP contribution in [-0.4, -0.2) is 11.0 Å². The molecule has 1 aliphatic rings. The van der Waals surface area contributed by atoms with Gasteiger partial charge in [-0.05, 0) is 36.6 Å². The van der Waals surface area contributed by atoms with Crippen LogP contribution >= 0.6 is 11.6 Å². The Morgan fingerprint density at radius 2 is 2.16 bits per heavy atom. The third-order valence-electron chi connectivity index (χ3n) is 2.99. The van der Waals surface area contributed by atoms with Gasteiger partial charge in [0.2, 0.25) is 5.88 Å². The van der Waals surface area contributed by atoms with Crippen molar-refractivity contribution >= 4 is 11.6 Å². The second-order valence-corrected chi connectivity index (χ2v) is 5.16. The summed E-state index contributed by atoms with van der Waals surface area (Å²) in [7, 11) is 0. The molecule has 0 aliphatic heterocycles. The zero-order valence-corrected chi connectivity index (χ0v) is 11.2. The Hall–Kier alpha value is -1.58. The molecule has 19 heavy (non-hydrogen) atoms. The third kappa shape index (κ3) is 3.69. The van der Waals surface area contributed by atoms with E-state index in [0.717, 1.165) is 6.54 Å². The molecule has 3 rings (SSSR count). The molecule has 98 valence electrons. The normalized spacial score (nSPS) is 14.4. The van der Waals surface area contributed by atoms with Gasteiger partial charge >= 0.3 is 0 Å². The lowest BCUT2D eigenvalue weighted by molar-refractivity contribution is 0.462. The maximum Gasteiger partial charge on any atom is 0.219 e. The molecule has 0 atom stereocenters. The van der Waals surface area contributed by atoms with Gasteiger partial charge < -0.3 is 10.1 Å². The quantitative estimate of drug-likeness (QED) is 0.901. The van der Waals surface area contributed by atoms with Crippen molar-refractivity contribution in [2.45, 2.75) is 25.4 Å². The molecule has 4 heteroatoms. The average molecular weight is 275 g/mol. The van der Waals surface area contributed by atoms with Crippen molar-refractivity contribution in [1.29, 1.82) is 0 Å². The van der Waals surface area contributed by atoms with Crippen LogP contribution in [0.15, 0.2) is 42.6 Å². The van der Waals surface area contributed by atoms with Crippen LogP contribution in [0.1, 0.15) is 18.4 Å². The molecule has 1 aliphatic carbocycles. The summed E-state index contributed by atoms with van der Waals surface area (Å²) in [5, 5.41) is 4.11. The molecule has 1 N–H and O–H groups in total. The SMILES string of the molecule is Clc1cccc(Oc2ccc(CNC3CC3)cn2)c1. The summed E-state index contributed by atoms with van der Waals surface area (Å²) in [6.45, 7) is 0.870. The topological polar surface area (TPSA) is 34.1 Å². The number of halogens is 1. The molecule has 0 bridgehead atoms.